The van der Waals surface area contributed by atoms with Gasteiger partial charge in [-0.1, -0.05) is 19.3 Å². The van der Waals surface area contributed by atoms with Crippen LogP contribution in [-0.2, 0) is 6.54 Å². The summed E-state index contributed by atoms with van der Waals surface area (Å²) in [4.78, 5) is 7.09. The zero-order chi connectivity index (χ0) is 12.4. The molecule has 2 unspecified atom stereocenters. The Morgan fingerprint density at radius 1 is 1.17 bits per heavy atom. The molecule has 18 heavy (non-hydrogen) atoms. The highest BCUT2D eigenvalue weighted by Crippen LogP contribution is 2.36. The molecule has 2 aliphatic rings. The zero-order valence-electron chi connectivity index (χ0n) is 10.8. The Hall–Kier alpha value is -0.410. The number of halogens is 1. The third-order valence-corrected chi connectivity index (χ3v) is 5.02. The molecule has 0 bridgehead atoms. The van der Waals surface area contributed by atoms with Gasteiger partial charge in [0.2, 0.25) is 0 Å². The molecule has 0 N–H and O–H groups in total. The number of fused-ring (bicyclic) bond motifs is 1. The maximum absolute atomic E-state index is 4.49. The highest BCUT2D eigenvalue weighted by atomic mass is 79.9. The largest absolute Gasteiger partial charge is 0.297 e. The van der Waals surface area contributed by atoms with Gasteiger partial charge in [-0.3, -0.25) is 9.88 Å². The molecule has 0 aromatic carbocycles. The number of hydrogen-bond acceptors (Lipinski definition) is 2. The van der Waals surface area contributed by atoms with Gasteiger partial charge in [0, 0.05) is 23.8 Å². The van der Waals surface area contributed by atoms with Gasteiger partial charge in [-0.15, -0.1) is 0 Å². The highest BCUT2D eigenvalue weighted by molar-refractivity contribution is 9.10. The minimum absolute atomic E-state index is 0.961. The number of nitrogens with zero attached hydrogens (tertiary/aromatic N) is 2. The third kappa shape index (κ3) is 2.94. The summed E-state index contributed by atoms with van der Waals surface area (Å²) in [6.45, 7) is 3.58. The Balaban J connectivity index is 1.59. The molecule has 1 aromatic rings. The topological polar surface area (TPSA) is 16.1 Å². The first-order valence-electron chi connectivity index (χ1n) is 7.14. The smallest absolute Gasteiger partial charge is 0.0544 e. The number of pyridine rings is 1. The average Bonchev–Trinajstić information content (AvgIpc) is 2.41. The fourth-order valence-electron chi connectivity index (χ4n) is 3.55. The summed E-state index contributed by atoms with van der Waals surface area (Å²) in [6, 6.07) is 4.23. The van der Waals surface area contributed by atoms with Crippen molar-refractivity contribution < 1.29 is 0 Å². The van der Waals surface area contributed by atoms with E-state index in [0.29, 0.717) is 0 Å². The quantitative estimate of drug-likeness (QED) is 0.825. The lowest BCUT2D eigenvalue weighted by molar-refractivity contribution is 0.0812. The van der Waals surface area contributed by atoms with Crippen molar-refractivity contribution in [2.45, 2.75) is 38.6 Å². The molecule has 2 atom stereocenters. The van der Waals surface area contributed by atoms with E-state index in [1.807, 2.05) is 6.20 Å². The van der Waals surface area contributed by atoms with E-state index in [1.54, 1.807) is 0 Å². The van der Waals surface area contributed by atoms with Crippen molar-refractivity contribution in [1.82, 2.24) is 9.88 Å². The van der Waals surface area contributed by atoms with Crippen molar-refractivity contribution in [3.8, 4) is 0 Å². The minimum Gasteiger partial charge on any atom is -0.297 e. The molecule has 3 rings (SSSR count). The molecule has 98 valence electrons. The van der Waals surface area contributed by atoms with E-state index in [1.165, 1.54) is 50.9 Å². The number of aromatic nitrogens is 1. The second-order valence-corrected chi connectivity index (χ2v) is 6.71. The Morgan fingerprint density at radius 3 is 2.78 bits per heavy atom. The summed E-state index contributed by atoms with van der Waals surface area (Å²) in [5, 5.41) is 0. The van der Waals surface area contributed by atoms with Crippen LogP contribution in [-0.4, -0.2) is 23.0 Å². The number of piperidine rings is 1. The fraction of sp³-hybridized carbons (Fsp3) is 0.667. The van der Waals surface area contributed by atoms with Crippen LogP contribution in [0, 0.1) is 11.8 Å². The Labute approximate surface area is 118 Å². The lowest BCUT2D eigenvalue weighted by Gasteiger charge is -2.41. The first kappa shape index (κ1) is 12.6. The van der Waals surface area contributed by atoms with Crippen molar-refractivity contribution in [2.75, 3.05) is 13.1 Å². The first-order chi connectivity index (χ1) is 8.81. The zero-order valence-corrected chi connectivity index (χ0v) is 12.4. The number of likely N-dealkylation sites (tertiary alicyclic amines) is 1. The summed E-state index contributed by atoms with van der Waals surface area (Å²) in [5.74, 6) is 1.98. The molecule has 1 aliphatic heterocycles. The molecular formula is C15H21BrN2. The van der Waals surface area contributed by atoms with Gasteiger partial charge in [0.15, 0.2) is 0 Å². The van der Waals surface area contributed by atoms with Crippen LogP contribution in [0.3, 0.4) is 0 Å². The maximum atomic E-state index is 4.49. The summed E-state index contributed by atoms with van der Waals surface area (Å²) in [7, 11) is 0. The van der Waals surface area contributed by atoms with E-state index < -0.39 is 0 Å². The summed E-state index contributed by atoms with van der Waals surface area (Å²) >= 11 is 3.44. The Bertz CT molecular complexity index is 390. The maximum Gasteiger partial charge on any atom is 0.0544 e. The molecule has 2 nitrogen and oxygen atoms in total. The second kappa shape index (κ2) is 5.70. The SMILES string of the molecule is Brc1ccc(CN2CCC3CCCCC3C2)nc1. The summed E-state index contributed by atoms with van der Waals surface area (Å²) < 4.78 is 1.07. The van der Waals surface area contributed by atoms with E-state index in [4.69, 9.17) is 0 Å². The molecule has 0 amide bonds. The van der Waals surface area contributed by atoms with Gasteiger partial charge >= 0.3 is 0 Å². The van der Waals surface area contributed by atoms with Crippen LogP contribution >= 0.6 is 15.9 Å². The average molecular weight is 309 g/mol. The van der Waals surface area contributed by atoms with Gasteiger partial charge in [-0.25, -0.2) is 0 Å². The number of rotatable bonds is 2. The molecule has 2 heterocycles. The van der Waals surface area contributed by atoms with Crippen molar-refractivity contribution in [2.24, 2.45) is 11.8 Å². The van der Waals surface area contributed by atoms with Crippen LogP contribution in [0.1, 0.15) is 37.8 Å². The number of hydrogen-bond donors (Lipinski definition) is 0. The molecule has 1 saturated heterocycles. The Kier molecular flexibility index (Phi) is 4.00. The monoisotopic (exact) mass is 308 g/mol. The van der Waals surface area contributed by atoms with E-state index in [9.17, 15) is 0 Å². The molecule has 0 radical (unpaired) electrons. The van der Waals surface area contributed by atoms with Crippen LogP contribution in [0.2, 0.25) is 0 Å². The van der Waals surface area contributed by atoms with Gasteiger partial charge in [-0.05, 0) is 59.3 Å². The van der Waals surface area contributed by atoms with Gasteiger partial charge in [-0.2, -0.15) is 0 Å². The van der Waals surface area contributed by atoms with Crippen LogP contribution < -0.4 is 0 Å². The lowest BCUT2D eigenvalue weighted by atomic mass is 9.75. The highest BCUT2D eigenvalue weighted by Gasteiger charge is 2.30. The summed E-state index contributed by atoms with van der Waals surface area (Å²) in [5.41, 5.74) is 1.20. The first-order valence-corrected chi connectivity index (χ1v) is 7.93. The van der Waals surface area contributed by atoms with E-state index in [2.05, 4.69) is 37.9 Å². The van der Waals surface area contributed by atoms with Crippen LogP contribution in [0.15, 0.2) is 22.8 Å². The normalized spacial score (nSPS) is 28.9. The summed E-state index contributed by atoms with van der Waals surface area (Å²) in [6.07, 6.45) is 9.16. The van der Waals surface area contributed by atoms with Crippen LogP contribution in [0.4, 0.5) is 0 Å². The van der Waals surface area contributed by atoms with Crippen LogP contribution in [0.5, 0.6) is 0 Å². The molecule has 1 aliphatic carbocycles. The Morgan fingerprint density at radius 2 is 2.00 bits per heavy atom. The van der Waals surface area contributed by atoms with E-state index in [0.717, 1.165) is 22.9 Å². The molecule has 3 heteroatoms. The predicted octanol–water partition coefficient (Wildman–Crippen LogP) is 3.86. The molecule has 1 saturated carbocycles. The third-order valence-electron chi connectivity index (χ3n) is 4.55. The molecular weight excluding hydrogens is 288 g/mol. The molecule has 0 spiro atoms. The van der Waals surface area contributed by atoms with Gasteiger partial charge in [0.05, 0.1) is 5.69 Å². The van der Waals surface area contributed by atoms with Gasteiger partial charge < -0.3 is 0 Å². The lowest BCUT2D eigenvalue weighted by Crippen LogP contribution is -2.41. The second-order valence-electron chi connectivity index (χ2n) is 5.80. The van der Waals surface area contributed by atoms with Gasteiger partial charge in [0.25, 0.3) is 0 Å². The standard InChI is InChI=1S/C15H21BrN2/c16-14-5-6-15(17-9-14)11-18-8-7-12-3-1-2-4-13(12)10-18/h5-6,9,12-13H,1-4,7-8,10-11H2. The van der Waals surface area contributed by atoms with E-state index >= 15 is 0 Å². The fourth-order valence-corrected chi connectivity index (χ4v) is 3.78. The van der Waals surface area contributed by atoms with E-state index in [-0.39, 0.29) is 0 Å². The van der Waals surface area contributed by atoms with Crippen LogP contribution in [0.25, 0.3) is 0 Å². The molecule has 2 fully saturated rings. The predicted molar refractivity (Wildman–Crippen MR) is 77.3 cm³/mol. The van der Waals surface area contributed by atoms with Crippen molar-refractivity contribution in [1.29, 1.82) is 0 Å². The van der Waals surface area contributed by atoms with Crippen molar-refractivity contribution in [3.63, 3.8) is 0 Å². The minimum atomic E-state index is 0.961. The molecule has 1 aromatic heterocycles. The van der Waals surface area contributed by atoms with Crippen molar-refractivity contribution >= 4 is 15.9 Å². The van der Waals surface area contributed by atoms with Crippen molar-refractivity contribution in [3.05, 3.63) is 28.5 Å². The van der Waals surface area contributed by atoms with Gasteiger partial charge in [0.1, 0.15) is 0 Å².